The van der Waals surface area contributed by atoms with E-state index in [0.717, 1.165) is 4.90 Å². The molecule has 2 rings (SSSR count). The van der Waals surface area contributed by atoms with Crippen LogP contribution in [0.25, 0.3) is 0 Å². The van der Waals surface area contributed by atoms with E-state index in [1.54, 1.807) is 54.5 Å². The Hall–Kier alpha value is -2.17. The summed E-state index contributed by atoms with van der Waals surface area (Å²) in [5.74, 6) is -0.696. The molecule has 1 saturated heterocycles. The van der Waals surface area contributed by atoms with Crippen LogP contribution in [0.4, 0.5) is 15.3 Å². The van der Waals surface area contributed by atoms with Crippen molar-refractivity contribution in [1.29, 1.82) is 0 Å². The maximum Gasteiger partial charge on any atom is 0.424 e. The molecule has 0 unspecified atom stereocenters. The Kier molecular flexibility index (Phi) is 9.12. The number of nitrogens with zero attached hydrogens (tertiary/aromatic N) is 2. The minimum atomic E-state index is -0.975. The Morgan fingerprint density at radius 3 is 2.09 bits per heavy atom. The highest BCUT2D eigenvalue weighted by molar-refractivity contribution is 9.10. The average molecular weight is 543 g/mol. The number of hydrogen-bond donors (Lipinski definition) is 1. The predicted octanol–water partition coefficient (Wildman–Crippen LogP) is 4.87. The zero-order valence-electron chi connectivity index (χ0n) is 20.9. The average Bonchev–Trinajstić information content (AvgIpc) is 3.06. The van der Waals surface area contributed by atoms with Crippen LogP contribution in [0.5, 0.6) is 0 Å². The van der Waals surface area contributed by atoms with Gasteiger partial charge in [-0.2, -0.15) is 4.90 Å². The first-order chi connectivity index (χ1) is 15.6. The second-order valence-electron chi connectivity index (χ2n) is 10.2. The smallest absolute Gasteiger partial charge is 0.424 e. The van der Waals surface area contributed by atoms with Gasteiger partial charge in [0.05, 0.1) is 24.0 Å². The van der Waals surface area contributed by atoms with E-state index >= 15 is 0 Å². The molecule has 2 amide bonds. The molecule has 0 saturated carbocycles. The second-order valence-corrected chi connectivity index (χ2v) is 11.0. The number of ether oxygens (including phenoxy) is 3. The molecule has 0 spiro atoms. The largest absolute Gasteiger partial charge is 0.462 e. The van der Waals surface area contributed by atoms with Crippen molar-refractivity contribution in [3.05, 3.63) is 27.7 Å². The Balaban J connectivity index is 2.62. The van der Waals surface area contributed by atoms with Crippen molar-refractivity contribution in [2.75, 3.05) is 24.6 Å². The Labute approximate surface area is 209 Å². The lowest BCUT2D eigenvalue weighted by atomic mass is 10.1. The fourth-order valence-electron chi connectivity index (χ4n) is 3.37. The van der Waals surface area contributed by atoms with E-state index in [2.05, 4.69) is 15.9 Å². The normalized spacial score (nSPS) is 16.8. The topological polar surface area (TPSA) is 106 Å². The van der Waals surface area contributed by atoms with Gasteiger partial charge in [-0.15, -0.1) is 0 Å². The number of halogens is 1. The molecule has 0 bridgehead atoms. The number of carbonyl (C=O) groups is 3. The third-order valence-electron chi connectivity index (χ3n) is 4.69. The second kappa shape index (κ2) is 11.0. The van der Waals surface area contributed by atoms with Gasteiger partial charge in [0.2, 0.25) is 0 Å². The number of β-amino-alcohol motifs (C(OH)–C–C–N with tert-alkyl or cyclic N) is 1. The van der Waals surface area contributed by atoms with Crippen LogP contribution >= 0.6 is 15.9 Å². The maximum atomic E-state index is 13.2. The highest BCUT2D eigenvalue weighted by Gasteiger charge is 2.36. The third-order valence-corrected chi connectivity index (χ3v) is 5.43. The van der Waals surface area contributed by atoms with Crippen LogP contribution in [0.3, 0.4) is 0 Å². The molecule has 0 aromatic heterocycles. The van der Waals surface area contributed by atoms with Gasteiger partial charge in [0.25, 0.3) is 0 Å². The Morgan fingerprint density at radius 1 is 1.09 bits per heavy atom. The van der Waals surface area contributed by atoms with Gasteiger partial charge in [-0.3, -0.25) is 4.90 Å². The van der Waals surface area contributed by atoms with Gasteiger partial charge in [0.15, 0.2) is 0 Å². The summed E-state index contributed by atoms with van der Waals surface area (Å²) in [7, 11) is 0. The summed E-state index contributed by atoms with van der Waals surface area (Å²) in [6, 6.07) is 3.10. The van der Waals surface area contributed by atoms with E-state index in [0.29, 0.717) is 36.1 Å². The molecule has 34 heavy (non-hydrogen) atoms. The lowest BCUT2D eigenvalue weighted by Gasteiger charge is -2.30. The van der Waals surface area contributed by atoms with Gasteiger partial charge in [0.1, 0.15) is 11.2 Å². The first kappa shape index (κ1) is 28.1. The fraction of sp³-hybridized carbons (Fsp3) is 0.625. The molecule has 1 aromatic rings. The van der Waals surface area contributed by atoms with Crippen molar-refractivity contribution in [1.82, 2.24) is 4.90 Å². The van der Waals surface area contributed by atoms with E-state index in [4.69, 9.17) is 14.2 Å². The van der Waals surface area contributed by atoms with E-state index in [9.17, 15) is 19.5 Å². The number of rotatable bonds is 5. The number of hydrogen-bond acceptors (Lipinski definition) is 8. The summed E-state index contributed by atoms with van der Waals surface area (Å²) in [6.07, 6.45) is -1.70. The van der Waals surface area contributed by atoms with Crippen LogP contribution in [-0.2, 0) is 20.8 Å². The molecule has 1 heterocycles. The standard InChI is InChI=1S/C24H35BrN2O7/c1-8-32-20(29)17-12-18(25)15(13-26-10-9-16(28)14-26)11-19(17)27(21(30)33-23(2,3)4)22(31)34-24(5,6)7/h11-12,16,28H,8-10,13-14H2,1-7H3/t16-/m1/s1. The molecule has 1 aliphatic rings. The van der Waals surface area contributed by atoms with Crippen LogP contribution in [0.2, 0.25) is 0 Å². The van der Waals surface area contributed by atoms with Gasteiger partial charge in [-0.05, 0) is 72.6 Å². The van der Waals surface area contributed by atoms with Gasteiger partial charge in [-0.25, -0.2) is 14.4 Å². The van der Waals surface area contributed by atoms with Crippen LogP contribution < -0.4 is 4.90 Å². The van der Waals surface area contributed by atoms with Crippen LogP contribution in [0, 0.1) is 0 Å². The summed E-state index contributed by atoms with van der Waals surface area (Å²) in [4.78, 5) is 42.0. The summed E-state index contributed by atoms with van der Waals surface area (Å²) >= 11 is 3.50. The lowest BCUT2D eigenvalue weighted by Crippen LogP contribution is -2.44. The first-order valence-electron chi connectivity index (χ1n) is 11.3. The van der Waals surface area contributed by atoms with E-state index in [-0.39, 0.29) is 17.9 Å². The predicted molar refractivity (Wildman–Crippen MR) is 131 cm³/mol. The molecule has 1 N–H and O–H groups in total. The zero-order valence-corrected chi connectivity index (χ0v) is 22.5. The number of carbonyl (C=O) groups excluding carboxylic acids is 3. The number of imide groups is 1. The van der Waals surface area contributed by atoms with E-state index in [1.807, 2.05) is 4.90 Å². The maximum absolute atomic E-state index is 13.2. The third kappa shape index (κ3) is 7.95. The van der Waals surface area contributed by atoms with Crippen LogP contribution in [0.1, 0.15) is 70.8 Å². The van der Waals surface area contributed by atoms with Crippen LogP contribution in [-0.4, -0.2) is 65.2 Å². The van der Waals surface area contributed by atoms with Crippen molar-refractivity contribution < 1.29 is 33.7 Å². The molecule has 9 nitrogen and oxygen atoms in total. The van der Waals surface area contributed by atoms with Crippen molar-refractivity contribution >= 4 is 39.8 Å². The number of likely N-dealkylation sites (tertiary alicyclic amines) is 1. The van der Waals surface area contributed by atoms with Gasteiger partial charge >= 0.3 is 18.2 Å². The van der Waals surface area contributed by atoms with Crippen molar-refractivity contribution in [2.45, 2.75) is 78.7 Å². The quantitative estimate of drug-likeness (QED) is 0.415. The lowest BCUT2D eigenvalue weighted by molar-refractivity contribution is 0.0430. The number of anilines is 1. The molecule has 190 valence electrons. The highest BCUT2D eigenvalue weighted by Crippen LogP contribution is 2.33. The number of aliphatic hydroxyl groups is 1. The molecular weight excluding hydrogens is 508 g/mol. The summed E-state index contributed by atoms with van der Waals surface area (Å²) < 4.78 is 16.8. The van der Waals surface area contributed by atoms with Gasteiger partial charge < -0.3 is 19.3 Å². The molecular formula is C24H35BrN2O7. The molecule has 0 radical (unpaired) electrons. The van der Waals surface area contributed by atoms with Crippen molar-refractivity contribution in [3.8, 4) is 0 Å². The van der Waals surface area contributed by atoms with Crippen LogP contribution in [0.15, 0.2) is 16.6 Å². The minimum Gasteiger partial charge on any atom is -0.462 e. The first-order valence-corrected chi connectivity index (χ1v) is 12.1. The monoisotopic (exact) mass is 542 g/mol. The van der Waals surface area contributed by atoms with Gasteiger partial charge in [-0.1, -0.05) is 15.9 Å². The Bertz CT molecular complexity index is 893. The van der Waals surface area contributed by atoms with E-state index < -0.39 is 35.5 Å². The molecule has 1 aliphatic heterocycles. The van der Waals surface area contributed by atoms with Gasteiger partial charge in [0, 0.05) is 24.1 Å². The molecule has 0 aliphatic carbocycles. The van der Waals surface area contributed by atoms with E-state index in [1.165, 1.54) is 6.07 Å². The molecule has 1 fully saturated rings. The number of aliphatic hydroxyl groups excluding tert-OH is 1. The number of esters is 1. The van der Waals surface area contributed by atoms with Crippen molar-refractivity contribution in [2.24, 2.45) is 0 Å². The number of benzene rings is 1. The highest BCUT2D eigenvalue weighted by atomic mass is 79.9. The summed E-state index contributed by atoms with van der Waals surface area (Å²) in [6.45, 7) is 13.5. The van der Waals surface area contributed by atoms with Crippen molar-refractivity contribution in [3.63, 3.8) is 0 Å². The summed E-state index contributed by atoms with van der Waals surface area (Å²) in [5, 5.41) is 9.88. The summed E-state index contributed by atoms with van der Waals surface area (Å²) in [5.41, 5.74) is -1.07. The molecule has 1 aromatic carbocycles. The molecule has 1 atom stereocenters. The Morgan fingerprint density at radius 2 is 1.65 bits per heavy atom. The number of amides is 2. The zero-order chi connectivity index (χ0) is 25.8. The minimum absolute atomic E-state index is 0.0000968. The molecule has 10 heteroatoms. The fourth-order valence-corrected chi connectivity index (χ4v) is 3.84. The SMILES string of the molecule is CCOC(=O)c1cc(Br)c(CN2CC[C@@H](O)C2)cc1N(C(=O)OC(C)(C)C)C(=O)OC(C)(C)C.